The van der Waals surface area contributed by atoms with Gasteiger partial charge < -0.3 is 5.11 Å². The second-order valence-electron chi connectivity index (χ2n) is 5.87. The van der Waals surface area contributed by atoms with Crippen LogP contribution in [0.1, 0.15) is 22.8 Å². The molecule has 0 spiro atoms. The molecule has 1 aliphatic carbocycles. The molecule has 1 unspecified atom stereocenters. The number of rotatable bonds is 4. The topological polar surface area (TPSA) is 54.4 Å². The van der Waals surface area contributed by atoms with Gasteiger partial charge in [-0.25, -0.2) is 0 Å². The van der Waals surface area contributed by atoms with E-state index >= 15 is 0 Å². The zero-order valence-corrected chi connectivity index (χ0v) is 14.4. The average Bonchev–Trinajstić information content (AvgIpc) is 3.04. The Bertz CT molecular complexity index is 747. The Morgan fingerprint density at radius 2 is 2.04 bits per heavy atom. The van der Waals surface area contributed by atoms with Crippen molar-refractivity contribution in [2.75, 3.05) is 5.75 Å². The number of aryl methyl sites for hydroxylation is 1. The molecule has 1 aromatic carbocycles. The van der Waals surface area contributed by atoms with Crippen LogP contribution in [0, 0.1) is 6.92 Å². The monoisotopic (exact) mass is 346 g/mol. The summed E-state index contributed by atoms with van der Waals surface area (Å²) in [6.45, 7) is 1.97. The number of benzene rings is 1. The zero-order chi connectivity index (χ0) is 16.4. The summed E-state index contributed by atoms with van der Waals surface area (Å²) in [6.07, 6.45) is 3.18. The van der Waals surface area contributed by atoms with E-state index < -0.39 is 16.4 Å². The lowest BCUT2D eigenvalue weighted by atomic mass is 9.79. The van der Waals surface area contributed by atoms with Crippen molar-refractivity contribution in [1.82, 2.24) is 0 Å². The predicted octanol–water partition coefficient (Wildman–Crippen LogP) is 3.21. The molecule has 3 rings (SSSR count). The maximum atomic E-state index is 12.7. The van der Waals surface area contributed by atoms with Crippen molar-refractivity contribution >= 4 is 27.9 Å². The maximum absolute atomic E-state index is 12.7. The molecule has 1 heterocycles. The van der Waals surface area contributed by atoms with E-state index in [1.54, 1.807) is 0 Å². The number of ketones is 1. The van der Waals surface area contributed by atoms with Gasteiger partial charge in [-0.1, -0.05) is 23.8 Å². The molecule has 0 bridgehead atoms. The molecule has 0 saturated carbocycles. The molecule has 23 heavy (non-hydrogen) atoms. The molecular weight excluding hydrogens is 328 g/mol. The van der Waals surface area contributed by atoms with Crippen LogP contribution in [0.3, 0.4) is 0 Å². The minimum atomic E-state index is -1.33. The van der Waals surface area contributed by atoms with E-state index in [9.17, 15) is 14.1 Å². The highest BCUT2D eigenvalue weighted by Gasteiger charge is 2.41. The maximum Gasteiger partial charge on any atom is 0.156 e. The van der Waals surface area contributed by atoms with Crippen molar-refractivity contribution in [3.8, 4) is 0 Å². The molecule has 0 amide bonds. The third kappa shape index (κ3) is 3.52. The largest absolute Gasteiger partial charge is 0.384 e. The third-order valence-corrected chi connectivity index (χ3v) is 6.61. The first-order valence-corrected chi connectivity index (χ1v) is 9.61. The summed E-state index contributed by atoms with van der Waals surface area (Å²) in [4.78, 5) is 13.4. The molecule has 3 nitrogen and oxygen atoms in total. The first kappa shape index (κ1) is 16.3. The van der Waals surface area contributed by atoms with Crippen LogP contribution >= 0.6 is 11.3 Å². The van der Waals surface area contributed by atoms with Crippen LogP contribution in [-0.4, -0.2) is 26.5 Å². The van der Waals surface area contributed by atoms with Gasteiger partial charge in [0.25, 0.3) is 0 Å². The van der Waals surface area contributed by atoms with Crippen LogP contribution in [0.15, 0.2) is 58.8 Å². The lowest BCUT2D eigenvalue weighted by Gasteiger charge is -2.35. The van der Waals surface area contributed by atoms with Gasteiger partial charge in [-0.2, -0.15) is 0 Å². The number of aliphatic hydroxyl groups is 1. The van der Waals surface area contributed by atoms with Gasteiger partial charge in [-0.3, -0.25) is 9.00 Å². The van der Waals surface area contributed by atoms with Crippen molar-refractivity contribution < 1.29 is 14.1 Å². The average molecular weight is 346 g/mol. The fraction of sp³-hybridized carbons (Fsp3) is 0.278. The Morgan fingerprint density at radius 1 is 1.30 bits per heavy atom. The second kappa shape index (κ2) is 6.51. The van der Waals surface area contributed by atoms with E-state index in [1.165, 1.54) is 23.5 Å². The summed E-state index contributed by atoms with van der Waals surface area (Å²) in [7, 11) is -1.33. The normalized spacial score (nSPS) is 25.5. The Balaban J connectivity index is 1.88. The van der Waals surface area contributed by atoms with E-state index in [-0.39, 0.29) is 23.9 Å². The first-order chi connectivity index (χ1) is 11.0. The minimum absolute atomic E-state index is 0.00538. The first-order valence-electron chi connectivity index (χ1n) is 7.41. The van der Waals surface area contributed by atoms with E-state index in [2.05, 4.69) is 0 Å². The van der Waals surface area contributed by atoms with Gasteiger partial charge in [0.1, 0.15) is 5.60 Å². The Hall–Kier alpha value is -1.56. The summed E-state index contributed by atoms with van der Waals surface area (Å²) >= 11 is 1.51. The van der Waals surface area contributed by atoms with Gasteiger partial charge in [-0.05, 0) is 42.7 Å². The van der Waals surface area contributed by atoms with E-state index in [0.29, 0.717) is 4.90 Å². The number of carbonyl (C=O) groups excluding carboxylic acids is 1. The van der Waals surface area contributed by atoms with E-state index in [0.717, 1.165) is 10.4 Å². The third-order valence-electron chi connectivity index (χ3n) is 4.10. The smallest absolute Gasteiger partial charge is 0.156 e. The van der Waals surface area contributed by atoms with Gasteiger partial charge in [-0.15, -0.1) is 11.3 Å². The molecule has 1 aliphatic rings. The van der Waals surface area contributed by atoms with Crippen molar-refractivity contribution in [2.45, 2.75) is 29.8 Å². The Kier molecular flexibility index (Phi) is 4.62. The summed E-state index contributed by atoms with van der Waals surface area (Å²) in [5.74, 6) is -0.258. The summed E-state index contributed by atoms with van der Waals surface area (Å²) in [6, 6.07) is 11.3. The van der Waals surface area contributed by atoms with E-state index in [4.69, 9.17) is 0 Å². The van der Waals surface area contributed by atoms with Crippen molar-refractivity contribution in [2.24, 2.45) is 0 Å². The molecule has 1 N–H and O–H groups in total. The quantitative estimate of drug-likeness (QED) is 0.925. The number of allylic oxidation sites excluding steroid dienone is 1. The molecule has 2 aromatic rings. The molecular formula is C18H18O3S2. The standard InChI is InChI=1S/C18H18O3S2/c1-13-4-6-15(7-5-13)23(21)12-18(20)9-8-14(19)11-16(18)17-3-2-10-22-17/h2-10,16,20H,11-12H2,1H3/t16-,18-,23?/m0/s1. The van der Waals surface area contributed by atoms with Crippen molar-refractivity contribution in [3.05, 3.63) is 64.4 Å². The molecule has 0 aliphatic heterocycles. The van der Waals surface area contributed by atoms with Crippen LogP contribution in [0.25, 0.3) is 0 Å². The predicted molar refractivity (Wildman–Crippen MR) is 93.2 cm³/mol. The molecule has 0 saturated heterocycles. The number of thiophene rings is 1. The number of hydrogen-bond donors (Lipinski definition) is 1. The zero-order valence-electron chi connectivity index (χ0n) is 12.8. The molecule has 0 fully saturated rings. The fourth-order valence-corrected chi connectivity index (χ4v) is 5.01. The minimum Gasteiger partial charge on any atom is -0.384 e. The molecule has 3 atom stereocenters. The van der Waals surface area contributed by atoms with Gasteiger partial charge >= 0.3 is 0 Å². The van der Waals surface area contributed by atoms with Gasteiger partial charge in [0, 0.05) is 22.1 Å². The molecule has 5 heteroatoms. The number of hydrogen-bond acceptors (Lipinski definition) is 4. The van der Waals surface area contributed by atoms with Crippen molar-refractivity contribution in [1.29, 1.82) is 0 Å². The highest BCUT2D eigenvalue weighted by molar-refractivity contribution is 7.85. The van der Waals surface area contributed by atoms with Crippen molar-refractivity contribution in [3.63, 3.8) is 0 Å². The second-order valence-corrected chi connectivity index (χ2v) is 8.30. The van der Waals surface area contributed by atoms with Crippen LogP contribution in [0.5, 0.6) is 0 Å². The summed E-state index contributed by atoms with van der Waals surface area (Å²) in [5, 5.41) is 13.0. The number of carbonyl (C=O) groups is 1. The van der Waals surface area contributed by atoms with Crippen LogP contribution < -0.4 is 0 Å². The van der Waals surface area contributed by atoms with Gasteiger partial charge in [0.05, 0.1) is 16.6 Å². The Morgan fingerprint density at radius 3 is 2.70 bits per heavy atom. The lowest BCUT2D eigenvalue weighted by Crippen LogP contribution is -2.42. The van der Waals surface area contributed by atoms with Gasteiger partial charge in [0.15, 0.2) is 5.78 Å². The van der Waals surface area contributed by atoms with Crippen LogP contribution in [-0.2, 0) is 15.6 Å². The highest BCUT2D eigenvalue weighted by atomic mass is 32.2. The van der Waals surface area contributed by atoms with Crippen LogP contribution in [0.4, 0.5) is 0 Å². The molecule has 0 radical (unpaired) electrons. The fourth-order valence-electron chi connectivity index (χ4n) is 2.77. The molecule has 1 aromatic heterocycles. The molecule has 120 valence electrons. The van der Waals surface area contributed by atoms with E-state index in [1.807, 2.05) is 48.7 Å². The van der Waals surface area contributed by atoms with Gasteiger partial charge in [0.2, 0.25) is 0 Å². The summed E-state index contributed by atoms with van der Waals surface area (Å²) < 4.78 is 12.7. The highest BCUT2D eigenvalue weighted by Crippen LogP contribution is 2.39. The SMILES string of the molecule is Cc1ccc(S(=O)C[C@@]2(O)C=CC(=O)C[C@H]2c2cccs2)cc1. The summed E-state index contributed by atoms with van der Waals surface area (Å²) in [5.41, 5.74) is -0.168. The van der Waals surface area contributed by atoms with Crippen LogP contribution in [0.2, 0.25) is 0 Å². The Labute approximate surface area is 142 Å². The lowest BCUT2D eigenvalue weighted by molar-refractivity contribution is -0.116.